The standard InChI is InChI=1S/C23H22N4O3S/c1-29-18-9-16-17(10-19(18)30-2)27-22-21(16)24-12-25-23(22)31-11-20(28)26-15-7-6-13-4-3-5-14(13)8-15/h6-10,12,27H,3-5,11H2,1-2H3,(H,26,28). The molecule has 0 saturated carbocycles. The number of amides is 1. The highest BCUT2D eigenvalue weighted by molar-refractivity contribution is 8.00. The van der Waals surface area contributed by atoms with Gasteiger partial charge in [-0.15, -0.1) is 0 Å². The molecule has 4 aromatic rings. The Morgan fingerprint density at radius 2 is 1.90 bits per heavy atom. The summed E-state index contributed by atoms with van der Waals surface area (Å²) in [6.07, 6.45) is 4.93. The molecule has 0 unspecified atom stereocenters. The fourth-order valence-electron chi connectivity index (χ4n) is 4.09. The van der Waals surface area contributed by atoms with Crippen molar-refractivity contribution in [2.24, 2.45) is 0 Å². The van der Waals surface area contributed by atoms with Gasteiger partial charge in [-0.1, -0.05) is 17.8 Å². The van der Waals surface area contributed by atoms with Crippen LogP contribution in [0.4, 0.5) is 5.69 Å². The van der Waals surface area contributed by atoms with Crippen molar-refractivity contribution < 1.29 is 14.3 Å². The lowest BCUT2D eigenvalue weighted by atomic mass is 10.1. The minimum atomic E-state index is -0.0610. The predicted octanol–water partition coefficient (Wildman–Crippen LogP) is 4.35. The molecule has 2 heterocycles. The largest absolute Gasteiger partial charge is 0.493 e. The SMILES string of the molecule is COc1cc2[nH]c3c(SCC(=O)Nc4ccc5c(c4)CCC5)ncnc3c2cc1OC. The summed E-state index contributed by atoms with van der Waals surface area (Å²) in [5, 5.41) is 4.64. The third kappa shape index (κ3) is 3.67. The molecule has 2 aromatic carbocycles. The van der Waals surface area contributed by atoms with Crippen molar-refractivity contribution in [1.82, 2.24) is 15.0 Å². The predicted molar refractivity (Wildman–Crippen MR) is 122 cm³/mol. The lowest BCUT2D eigenvalue weighted by Gasteiger charge is -2.07. The van der Waals surface area contributed by atoms with E-state index >= 15 is 0 Å². The van der Waals surface area contributed by atoms with E-state index in [-0.39, 0.29) is 11.7 Å². The number of ether oxygens (including phenoxy) is 2. The Bertz CT molecular complexity index is 1300. The summed E-state index contributed by atoms with van der Waals surface area (Å²) in [6, 6.07) is 9.96. The van der Waals surface area contributed by atoms with Crippen LogP contribution in [0.5, 0.6) is 11.5 Å². The highest BCUT2D eigenvalue weighted by atomic mass is 32.2. The third-order valence-electron chi connectivity index (χ3n) is 5.57. The van der Waals surface area contributed by atoms with E-state index in [4.69, 9.17) is 9.47 Å². The minimum absolute atomic E-state index is 0.0610. The van der Waals surface area contributed by atoms with Crippen LogP contribution in [0, 0.1) is 0 Å². The van der Waals surface area contributed by atoms with E-state index in [0.717, 1.165) is 45.5 Å². The van der Waals surface area contributed by atoms with Crippen LogP contribution in [0.1, 0.15) is 17.5 Å². The van der Waals surface area contributed by atoms with Crippen molar-refractivity contribution in [2.45, 2.75) is 24.3 Å². The molecule has 7 nitrogen and oxygen atoms in total. The summed E-state index contributed by atoms with van der Waals surface area (Å²) >= 11 is 1.38. The molecule has 0 atom stereocenters. The smallest absolute Gasteiger partial charge is 0.234 e. The van der Waals surface area contributed by atoms with Crippen molar-refractivity contribution in [3.05, 3.63) is 47.8 Å². The lowest BCUT2D eigenvalue weighted by Crippen LogP contribution is -2.14. The van der Waals surface area contributed by atoms with E-state index in [0.29, 0.717) is 11.5 Å². The molecule has 158 valence electrons. The van der Waals surface area contributed by atoms with Gasteiger partial charge in [-0.25, -0.2) is 9.97 Å². The molecule has 0 aliphatic heterocycles. The quantitative estimate of drug-likeness (QED) is 0.346. The fourth-order valence-corrected chi connectivity index (χ4v) is 4.84. The number of nitrogens with zero attached hydrogens (tertiary/aromatic N) is 2. The van der Waals surface area contributed by atoms with Crippen molar-refractivity contribution in [2.75, 3.05) is 25.3 Å². The molecule has 1 aliphatic rings. The van der Waals surface area contributed by atoms with E-state index in [1.54, 1.807) is 14.2 Å². The minimum Gasteiger partial charge on any atom is -0.493 e. The number of hydrogen-bond donors (Lipinski definition) is 2. The normalized spacial score (nSPS) is 12.8. The summed E-state index contributed by atoms with van der Waals surface area (Å²) < 4.78 is 10.8. The summed E-state index contributed by atoms with van der Waals surface area (Å²) in [4.78, 5) is 24.7. The number of thioether (sulfide) groups is 1. The van der Waals surface area contributed by atoms with Crippen LogP contribution in [0.2, 0.25) is 0 Å². The van der Waals surface area contributed by atoms with Gasteiger partial charge in [0.2, 0.25) is 5.91 Å². The van der Waals surface area contributed by atoms with Crippen molar-refractivity contribution in [3.63, 3.8) is 0 Å². The maximum atomic E-state index is 12.5. The number of aryl methyl sites for hydroxylation is 2. The number of aromatic amines is 1. The number of benzene rings is 2. The number of H-pyrrole nitrogens is 1. The van der Waals surface area contributed by atoms with Crippen molar-refractivity contribution >= 4 is 45.3 Å². The number of anilines is 1. The molecular formula is C23H22N4O3S. The van der Waals surface area contributed by atoms with Crippen LogP contribution in [-0.2, 0) is 17.6 Å². The third-order valence-corrected chi connectivity index (χ3v) is 6.56. The molecule has 0 fully saturated rings. The highest BCUT2D eigenvalue weighted by Crippen LogP contribution is 2.37. The van der Waals surface area contributed by atoms with Gasteiger partial charge in [-0.3, -0.25) is 4.79 Å². The second-order valence-corrected chi connectivity index (χ2v) is 8.42. The van der Waals surface area contributed by atoms with E-state index in [1.165, 1.54) is 35.6 Å². The molecule has 0 saturated heterocycles. The molecule has 0 spiro atoms. The van der Waals surface area contributed by atoms with Gasteiger partial charge in [0.05, 0.1) is 31.0 Å². The van der Waals surface area contributed by atoms with Gasteiger partial charge in [0.25, 0.3) is 0 Å². The number of rotatable bonds is 6. The highest BCUT2D eigenvalue weighted by Gasteiger charge is 2.16. The molecule has 0 bridgehead atoms. The molecule has 2 aromatic heterocycles. The Hall–Kier alpha value is -3.26. The first kappa shape index (κ1) is 19.7. The Morgan fingerprint density at radius 1 is 1.10 bits per heavy atom. The van der Waals surface area contributed by atoms with Gasteiger partial charge >= 0.3 is 0 Å². The zero-order valence-corrected chi connectivity index (χ0v) is 18.1. The van der Waals surface area contributed by atoms with Gasteiger partial charge in [-0.05, 0) is 48.6 Å². The Morgan fingerprint density at radius 3 is 2.74 bits per heavy atom. The molecule has 0 radical (unpaired) electrons. The number of carbonyl (C=O) groups excluding carboxylic acids is 1. The van der Waals surface area contributed by atoms with Crippen LogP contribution < -0.4 is 14.8 Å². The van der Waals surface area contributed by atoms with Crippen LogP contribution in [0.3, 0.4) is 0 Å². The summed E-state index contributed by atoms with van der Waals surface area (Å²) in [7, 11) is 3.21. The average Bonchev–Trinajstić information content (AvgIpc) is 3.40. The van der Waals surface area contributed by atoms with Crippen LogP contribution in [0.25, 0.3) is 21.9 Å². The number of hydrogen-bond acceptors (Lipinski definition) is 6. The summed E-state index contributed by atoms with van der Waals surface area (Å²) in [5.74, 6) is 1.47. The first-order valence-corrected chi connectivity index (χ1v) is 11.1. The zero-order chi connectivity index (χ0) is 21.4. The monoisotopic (exact) mass is 434 g/mol. The maximum Gasteiger partial charge on any atom is 0.234 e. The summed E-state index contributed by atoms with van der Waals surface area (Å²) in [5.41, 5.74) is 6.03. The number of nitrogens with one attached hydrogen (secondary N) is 2. The van der Waals surface area contributed by atoms with Gasteiger partial charge in [-0.2, -0.15) is 0 Å². The molecule has 2 N–H and O–H groups in total. The second-order valence-electron chi connectivity index (χ2n) is 7.45. The van der Waals surface area contributed by atoms with Gasteiger partial charge in [0.15, 0.2) is 11.5 Å². The van der Waals surface area contributed by atoms with Crippen LogP contribution >= 0.6 is 11.8 Å². The van der Waals surface area contributed by atoms with Crippen molar-refractivity contribution in [3.8, 4) is 11.5 Å². The van der Waals surface area contributed by atoms with E-state index in [9.17, 15) is 4.79 Å². The number of aromatic nitrogens is 3. The topological polar surface area (TPSA) is 89.1 Å². The molecule has 1 aliphatic carbocycles. The van der Waals surface area contributed by atoms with Gasteiger partial charge < -0.3 is 19.8 Å². The Kier molecular flexibility index (Phi) is 5.15. The van der Waals surface area contributed by atoms with E-state index in [1.807, 2.05) is 18.2 Å². The molecule has 5 rings (SSSR count). The van der Waals surface area contributed by atoms with Crippen LogP contribution in [-0.4, -0.2) is 40.8 Å². The van der Waals surface area contributed by atoms with E-state index < -0.39 is 0 Å². The molecule has 8 heteroatoms. The number of carbonyl (C=O) groups is 1. The Labute approximate surface area is 183 Å². The van der Waals surface area contributed by atoms with Crippen LogP contribution in [0.15, 0.2) is 41.7 Å². The van der Waals surface area contributed by atoms with Gasteiger partial charge in [0, 0.05) is 17.1 Å². The van der Waals surface area contributed by atoms with E-state index in [2.05, 4.69) is 32.4 Å². The van der Waals surface area contributed by atoms with Crippen molar-refractivity contribution in [1.29, 1.82) is 0 Å². The Balaban J connectivity index is 1.37. The molecular weight excluding hydrogens is 412 g/mol. The fraction of sp³-hybridized carbons (Fsp3) is 0.261. The first-order chi connectivity index (χ1) is 15.2. The molecule has 1 amide bonds. The molecule has 31 heavy (non-hydrogen) atoms. The summed E-state index contributed by atoms with van der Waals surface area (Å²) in [6.45, 7) is 0. The number of methoxy groups -OCH3 is 2. The maximum absolute atomic E-state index is 12.5. The second kappa shape index (κ2) is 8.11. The zero-order valence-electron chi connectivity index (χ0n) is 17.3. The lowest BCUT2D eigenvalue weighted by molar-refractivity contribution is -0.113. The van der Waals surface area contributed by atoms with Gasteiger partial charge in [0.1, 0.15) is 16.9 Å². The first-order valence-electron chi connectivity index (χ1n) is 10.1. The number of fused-ring (bicyclic) bond motifs is 4. The average molecular weight is 435 g/mol.